The van der Waals surface area contributed by atoms with Crippen molar-refractivity contribution in [2.24, 2.45) is 0 Å². The van der Waals surface area contributed by atoms with Crippen molar-refractivity contribution in [3.63, 3.8) is 0 Å². The van der Waals surface area contributed by atoms with Gasteiger partial charge in [0.2, 0.25) is 0 Å². The number of rotatable bonds is 8. The summed E-state index contributed by atoms with van der Waals surface area (Å²) in [6.07, 6.45) is 2.06. The van der Waals surface area contributed by atoms with Crippen LogP contribution in [0.3, 0.4) is 0 Å². The van der Waals surface area contributed by atoms with Crippen molar-refractivity contribution in [1.29, 1.82) is 0 Å². The molecule has 92 valence electrons. The van der Waals surface area contributed by atoms with Crippen molar-refractivity contribution in [2.45, 2.75) is 65.1 Å². The highest BCUT2D eigenvalue weighted by Gasteiger charge is 2.26. The van der Waals surface area contributed by atoms with Crippen LogP contribution in [0.25, 0.3) is 0 Å². The van der Waals surface area contributed by atoms with Gasteiger partial charge in [0.05, 0.1) is 12.7 Å². The van der Waals surface area contributed by atoms with Crippen LogP contribution in [-0.4, -0.2) is 36.0 Å². The molecule has 3 heteroatoms. The van der Waals surface area contributed by atoms with Crippen LogP contribution in [0.4, 0.5) is 0 Å². The summed E-state index contributed by atoms with van der Waals surface area (Å²) in [5.74, 6) is 0. The molecule has 0 bridgehead atoms. The lowest BCUT2D eigenvalue weighted by atomic mass is 9.95. The second-order valence-electron chi connectivity index (χ2n) is 4.90. The van der Waals surface area contributed by atoms with E-state index in [2.05, 4.69) is 33.0 Å². The van der Waals surface area contributed by atoms with E-state index in [9.17, 15) is 5.11 Å². The maximum Gasteiger partial charge on any atom is 0.0611 e. The predicted octanol–water partition coefficient (Wildman–Crippen LogP) is 1.94. The number of aliphatic hydroxyl groups excluding tert-OH is 1. The first-order valence-electron chi connectivity index (χ1n) is 5.93. The van der Waals surface area contributed by atoms with Gasteiger partial charge in [-0.1, -0.05) is 20.8 Å². The van der Waals surface area contributed by atoms with E-state index < -0.39 is 0 Å². The Morgan fingerprint density at radius 1 is 1.33 bits per heavy atom. The molecule has 0 rings (SSSR count). The average molecular weight is 217 g/mol. The van der Waals surface area contributed by atoms with Gasteiger partial charge in [0.15, 0.2) is 0 Å². The second-order valence-corrected chi connectivity index (χ2v) is 4.90. The molecule has 0 amide bonds. The molecule has 0 aromatic heterocycles. The van der Waals surface area contributed by atoms with Gasteiger partial charge in [-0.15, -0.1) is 0 Å². The summed E-state index contributed by atoms with van der Waals surface area (Å²) in [6, 6.07) is 0.375. The largest absolute Gasteiger partial charge is 0.394 e. The third kappa shape index (κ3) is 6.88. The van der Waals surface area contributed by atoms with E-state index in [1.54, 1.807) is 0 Å². The molecule has 0 saturated heterocycles. The van der Waals surface area contributed by atoms with Crippen LogP contribution in [-0.2, 0) is 4.74 Å². The minimum atomic E-state index is -0.235. The maximum absolute atomic E-state index is 9.39. The molecule has 0 aromatic rings. The fraction of sp³-hybridized carbons (Fsp3) is 1.00. The van der Waals surface area contributed by atoms with E-state index in [1.165, 1.54) is 0 Å². The van der Waals surface area contributed by atoms with Gasteiger partial charge >= 0.3 is 0 Å². The fourth-order valence-electron chi connectivity index (χ4n) is 1.88. The van der Waals surface area contributed by atoms with Gasteiger partial charge in [-0.25, -0.2) is 0 Å². The molecule has 0 spiro atoms. The van der Waals surface area contributed by atoms with Gasteiger partial charge in [0.25, 0.3) is 0 Å². The Morgan fingerprint density at radius 3 is 2.33 bits per heavy atom. The van der Waals surface area contributed by atoms with Crippen LogP contribution >= 0.6 is 0 Å². The summed E-state index contributed by atoms with van der Waals surface area (Å²) >= 11 is 0. The van der Waals surface area contributed by atoms with Gasteiger partial charge in [-0.05, 0) is 26.7 Å². The molecule has 2 atom stereocenters. The number of hydrogen-bond acceptors (Lipinski definition) is 3. The third-order valence-electron chi connectivity index (χ3n) is 2.33. The Morgan fingerprint density at radius 2 is 1.93 bits per heavy atom. The van der Waals surface area contributed by atoms with E-state index in [0.29, 0.717) is 6.04 Å². The fourth-order valence-corrected chi connectivity index (χ4v) is 1.88. The number of ether oxygens (including phenoxy) is 1. The zero-order valence-corrected chi connectivity index (χ0v) is 10.8. The van der Waals surface area contributed by atoms with E-state index in [-0.39, 0.29) is 18.2 Å². The molecule has 0 saturated carbocycles. The molecule has 0 aliphatic heterocycles. The molecule has 0 fully saturated rings. The molecular weight excluding hydrogens is 190 g/mol. The Kier molecular flexibility index (Phi) is 7.14. The molecule has 3 nitrogen and oxygen atoms in total. The molecule has 2 unspecified atom stereocenters. The quantitative estimate of drug-likeness (QED) is 0.653. The molecule has 0 aliphatic carbocycles. The van der Waals surface area contributed by atoms with Crippen LogP contribution in [0.1, 0.15) is 47.5 Å². The zero-order valence-electron chi connectivity index (χ0n) is 10.8. The van der Waals surface area contributed by atoms with Crippen molar-refractivity contribution >= 4 is 0 Å². The lowest BCUT2D eigenvalue weighted by Gasteiger charge is -2.33. The maximum atomic E-state index is 9.39. The van der Waals surface area contributed by atoms with Crippen LogP contribution in [0.5, 0.6) is 0 Å². The Balaban J connectivity index is 4.05. The lowest BCUT2D eigenvalue weighted by Crippen LogP contribution is -2.51. The van der Waals surface area contributed by atoms with Gasteiger partial charge in [-0.3, -0.25) is 0 Å². The molecule has 2 N–H and O–H groups in total. The summed E-state index contributed by atoms with van der Waals surface area (Å²) in [5, 5.41) is 12.8. The van der Waals surface area contributed by atoms with Crippen LogP contribution in [0.2, 0.25) is 0 Å². The van der Waals surface area contributed by atoms with Gasteiger partial charge in [-0.2, -0.15) is 0 Å². The zero-order chi connectivity index (χ0) is 11.9. The van der Waals surface area contributed by atoms with Crippen molar-refractivity contribution in [1.82, 2.24) is 5.32 Å². The topological polar surface area (TPSA) is 41.5 Å². The first-order valence-corrected chi connectivity index (χ1v) is 5.93. The highest BCUT2D eigenvalue weighted by Crippen LogP contribution is 2.15. The highest BCUT2D eigenvalue weighted by molar-refractivity contribution is 4.85. The van der Waals surface area contributed by atoms with Crippen LogP contribution < -0.4 is 5.32 Å². The van der Waals surface area contributed by atoms with Crippen molar-refractivity contribution < 1.29 is 9.84 Å². The van der Waals surface area contributed by atoms with Crippen molar-refractivity contribution in [3.05, 3.63) is 0 Å². The minimum Gasteiger partial charge on any atom is -0.394 e. The number of hydrogen-bond donors (Lipinski definition) is 2. The summed E-state index contributed by atoms with van der Waals surface area (Å²) in [5.41, 5.74) is -0.235. The van der Waals surface area contributed by atoms with Gasteiger partial charge in [0.1, 0.15) is 0 Å². The predicted molar refractivity (Wildman–Crippen MR) is 64.1 cm³/mol. The lowest BCUT2D eigenvalue weighted by molar-refractivity contribution is 0.0265. The standard InChI is InChI=1S/C12H27NO2/c1-6-7-15-11(4)8-12(5,9-14)13-10(2)3/h10-11,13-14H,6-9H2,1-5H3. The normalized spacial score (nSPS) is 17.8. The molecule has 15 heavy (non-hydrogen) atoms. The van der Waals surface area contributed by atoms with Crippen LogP contribution in [0, 0.1) is 0 Å². The van der Waals surface area contributed by atoms with Crippen LogP contribution in [0.15, 0.2) is 0 Å². The average Bonchev–Trinajstić information content (AvgIpc) is 2.13. The Hall–Kier alpha value is -0.120. The molecule has 0 heterocycles. The second kappa shape index (κ2) is 7.20. The highest BCUT2D eigenvalue weighted by atomic mass is 16.5. The first kappa shape index (κ1) is 14.9. The SMILES string of the molecule is CCCOC(C)CC(C)(CO)NC(C)C. The van der Waals surface area contributed by atoms with Gasteiger partial charge < -0.3 is 15.2 Å². The Bertz CT molecular complexity index is 162. The summed E-state index contributed by atoms with van der Waals surface area (Å²) in [7, 11) is 0. The molecular formula is C12H27NO2. The molecule has 0 radical (unpaired) electrons. The van der Waals surface area contributed by atoms with E-state index in [1.807, 2.05) is 6.92 Å². The number of nitrogens with one attached hydrogen (secondary N) is 1. The minimum absolute atomic E-state index is 0.144. The van der Waals surface area contributed by atoms with Gasteiger partial charge in [0, 0.05) is 18.2 Å². The van der Waals surface area contributed by atoms with E-state index in [4.69, 9.17) is 4.74 Å². The first-order chi connectivity index (χ1) is 6.93. The molecule has 0 aromatic carbocycles. The van der Waals surface area contributed by atoms with E-state index >= 15 is 0 Å². The van der Waals surface area contributed by atoms with Crippen molar-refractivity contribution in [2.75, 3.05) is 13.2 Å². The number of aliphatic hydroxyl groups is 1. The smallest absolute Gasteiger partial charge is 0.0611 e. The van der Waals surface area contributed by atoms with Crippen molar-refractivity contribution in [3.8, 4) is 0 Å². The summed E-state index contributed by atoms with van der Waals surface area (Å²) in [6.45, 7) is 11.3. The summed E-state index contributed by atoms with van der Waals surface area (Å²) < 4.78 is 5.62. The third-order valence-corrected chi connectivity index (χ3v) is 2.33. The summed E-state index contributed by atoms with van der Waals surface area (Å²) in [4.78, 5) is 0. The van der Waals surface area contributed by atoms with E-state index in [0.717, 1.165) is 19.4 Å². The Labute approximate surface area is 94.2 Å². The monoisotopic (exact) mass is 217 g/mol. The molecule has 0 aliphatic rings.